The number of nitrogens with two attached hydrogens (primary N) is 1. The van der Waals surface area contributed by atoms with E-state index >= 15 is 0 Å². The average Bonchev–Trinajstić information content (AvgIpc) is 1.61. The lowest BCUT2D eigenvalue weighted by Crippen LogP contribution is -1.91. The molecular weight excluding hydrogens is 81.0 g/mol. The summed E-state index contributed by atoms with van der Waals surface area (Å²) < 4.78 is 11.0. The highest BCUT2D eigenvalue weighted by Crippen LogP contribution is 1.67. The van der Waals surface area contributed by atoms with E-state index in [2.05, 4.69) is 0 Å². The molecule has 2 heteroatoms. The molecule has 0 heterocycles. The number of hydrogen-bond acceptors (Lipinski definition) is 1. The van der Waals surface area contributed by atoms with Crippen molar-refractivity contribution in [2.75, 3.05) is 13.2 Å². The fraction of sp³-hybridized carbons (Fsp3) is 0.500. The van der Waals surface area contributed by atoms with Gasteiger partial charge in [-0.15, -0.1) is 0 Å². The summed E-state index contributed by atoms with van der Waals surface area (Å²) in [5.74, 6) is 0. The Morgan fingerprint density at radius 1 is 1.50 bits per heavy atom. The lowest BCUT2D eigenvalue weighted by molar-refractivity contribution is 0.561. The lowest BCUT2D eigenvalue weighted by Gasteiger charge is -1.71. The first-order valence-electron chi connectivity index (χ1n) is 1.83. The van der Waals surface area contributed by atoms with E-state index in [1.54, 1.807) is 6.08 Å². The van der Waals surface area contributed by atoms with Gasteiger partial charge < -0.3 is 5.73 Å². The molecule has 0 unspecified atom stereocenters. The third kappa shape index (κ3) is 3.63. The Kier molecular flexibility index (Phi) is 4.34. The van der Waals surface area contributed by atoms with Gasteiger partial charge in [0, 0.05) is 6.54 Å². The van der Waals surface area contributed by atoms with Gasteiger partial charge in [-0.1, -0.05) is 12.2 Å². The van der Waals surface area contributed by atoms with Crippen molar-refractivity contribution < 1.29 is 4.39 Å². The Morgan fingerprint density at radius 3 is 2.33 bits per heavy atom. The van der Waals surface area contributed by atoms with Gasteiger partial charge in [-0.25, -0.2) is 4.39 Å². The molecule has 0 aromatic carbocycles. The summed E-state index contributed by atoms with van der Waals surface area (Å²) >= 11 is 0. The minimum Gasteiger partial charge on any atom is -0.327 e. The van der Waals surface area contributed by atoms with Crippen LogP contribution in [0.25, 0.3) is 0 Å². The Labute approximate surface area is 36.6 Å². The van der Waals surface area contributed by atoms with Crippen molar-refractivity contribution in [1.29, 1.82) is 0 Å². The Bertz CT molecular complexity index is 36.8. The van der Waals surface area contributed by atoms with Gasteiger partial charge in [0.2, 0.25) is 0 Å². The van der Waals surface area contributed by atoms with Gasteiger partial charge in [-0.2, -0.15) is 0 Å². The van der Waals surface area contributed by atoms with Gasteiger partial charge in [0.15, 0.2) is 0 Å². The molecule has 0 aromatic heterocycles. The highest BCUT2D eigenvalue weighted by atomic mass is 19.1. The highest BCUT2D eigenvalue weighted by molar-refractivity contribution is 4.81. The molecule has 36 valence electrons. The predicted molar refractivity (Wildman–Crippen MR) is 24.2 cm³/mol. The first-order chi connectivity index (χ1) is 2.91. The van der Waals surface area contributed by atoms with Crippen LogP contribution in [-0.2, 0) is 0 Å². The third-order valence-corrected chi connectivity index (χ3v) is 0.392. The molecule has 0 spiro atoms. The second kappa shape index (κ2) is 4.63. The molecule has 0 rings (SSSR count). The van der Waals surface area contributed by atoms with Gasteiger partial charge in [0.25, 0.3) is 0 Å². The SMILES string of the molecule is NCC=CCF. The van der Waals surface area contributed by atoms with Gasteiger partial charge in [0.05, 0.1) is 0 Å². The van der Waals surface area contributed by atoms with Crippen LogP contribution in [0.1, 0.15) is 0 Å². The van der Waals surface area contributed by atoms with E-state index in [1.807, 2.05) is 0 Å². The summed E-state index contributed by atoms with van der Waals surface area (Å²) in [6, 6.07) is 0. The lowest BCUT2D eigenvalue weighted by atomic mass is 10.5. The van der Waals surface area contributed by atoms with E-state index in [0.29, 0.717) is 6.54 Å². The summed E-state index contributed by atoms with van der Waals surface area (Å²) in [5, 5.41) is 0. The smallest absolute Gasteiger partial charge is 0.108 e. The normalized spacial score (nSPS) is 10.3. The summed E-state index contributed by atoms with van der Waals surface area (Å²) in [6.07, 6.45) is 2.97. The fourth-order valence-corrected chi connectivity index (χ4v) is 0.159. The van der Waals surface area contributed by atoms with Crippen molar-refractivity contribution in [2.45, 2.75) is 0 Å². The molecule has 2 N–H and O–H groups in total. The molecule has 0 atom stereocenters. The second-order valence-electron chi connectivity index (χ2n) is 0.861. The maximum atomic E-state index is 11.0. The van der Waals surface area contributed by atoms with E-state index in [9.17, 15) is 4.39 Å². The maximum Gasteiger partial charge on any atom is 0.108 e. The Hall–Kier alpha value is -0.370. The van der Waals surface area contributed by atoms with Crippen LogP contribution in [0.4, 0.5) is 4.39 Å². The Balaban J connectivity index is 2.73. The molecule has 0 fully saturated rings. The second-order valence-corrected chi connectivity index (χ2v) is 0.861. The zero-order valence-corrected chi connectivity index (χ0v) is 3.52. The number of rotatable bonds is 2. The third-order valence-electron chi connectivity index (χ3n) is 0.392. The number of hydrogen-bond donors (Lipinski definition) is 1. The summed E-state index contributed by atoms with van der Waals surface area (Å²) in [4.78, 5) is 0. The summed E-state index contributed by atoms with van der Waals surface area (Å²) in [5.41, 5.74) is 4.96. The van der Waals surface area contributed by atoms with Crippen LogP contribution in [0, 0.1) is 0 Å². The van der Waals surface area contributed by atoms with Crippen molar-refractivity contribution in [3.8, 4) is 0 Å². The monoisotopic (exact) mass is 89.1 g/mol. The van der Waals surface area contributed by atoms with Gasteiger partial charge in [-0.05, 0) is 0 Å². The van der Waals surface area contributed by atoms with Crippen LogP contribution in [0.2, 0.25) is 0 Å². The summed E-state index contributed by atoms with van der Waals surface area (Å²) in [6.45, 7) is 0.0289. The van der Waals surface area contributed by atoms with Crippen LogP contribution in [0.5, 0.6) is 0 Å². The van der Waals surface area contributed by atoms with Crippen LogP contribution in [0.15, 0.2) is 12.2 Å². The summed E-state index contributed by atoms with van der Waals surface area (Å²) in [7, 11) is 0. The number of allylic oxidation sites excluding steroid dienone is 1. The molecule has 0 aliphatic carbocycles. The number of halogens is 1. The molecule has 0 saturated heterocycles. The van der Waals surface area contributed by atoms with Crippen molar-refractivity contribution in [3.63, 3.8) is 0 Å². The zero-order chi connectivity index (χ0) is 4.83. The van der Waals surface area contributed by atoms with Crippen LogP contribution < -0.4 is 5.73 Å². The minimum atomic E-state index is -0.406. The van der Waals surface area contributed by atoms with E-state index in [1.165, 1.54) is 6.08 Å². The van der Waals surface area contributed by atoms with Crippen molar-refractivity contribution in [2.24, 2.45) is 5.73 Å². The maximum absolute atomic E-state index is 11.0. The molecule has 0 aliphatic rings. The molecule has 0 amide bonds. The average molecular weight is 89.1 g/mol. The first-order valence-corrected chi connectivity index (χ1v) is 1.83. The van der Waals surface area contributed by atoms with E-state index in [0.717, 1.165) is 0 Å². The van der Waals surface area contributed by atoms with Gasteiger partial charge in [-0.3, -0.25) is 0 Å². The quantitative estimate of drug-likeness (QED) is 0.489. The zero-order valence-electron chi connectivity index (χ0n) is 3.52. The van der Waals surface area contributed by atoms with Crippen LogP contribution >= 0.6 is 0 Å². The topological polar surface area (TPSA) is 26.0 Å². The molecule has 0 radical (unpaired) electrons. The molecule has 0 aromatic rings. The standard InChI is InChI=1S/C4H8FN/c5-3-1-2-4-6/h1-2H,3-4,6H2. The minimum absolute atomic E-state index is 0.406. The molecule has 0 saturated carbocycles. The van der Waals surface area contributed by atoms with Crippen LogP contribution in [-0.4, -0.2) is 13.2 Å². The van der Waals surface area contributed by atoms with E-state index in [-0.39, 0.29) is 0 Å². The molecular formula is C4H8FN. The first kappa shape index (κ1) is 5.63. The van der Waals surface area contributed by atoms with Crippen molar-refractivity contribution in [3.05, 3.63) is 12.2 Å². The largest absolute Gasteiger partial charge is 0.327 e. The molecule has 0 aliphatic heterocycles. The predicted octanol–water partition coefficient (Wildman–Crippen LogP) is 0.471. The van der Waals surface area contributed by atoms with Gasteiger partial charge >= 0.3 is 0 Å². The van der Waals surface area contributed by atoms with Gasteiger partial charge in [0.1, 0.15) is 6.67 Å². The Morgan fingerprint density at radius 2 is 2.17 bits per heavy atom. The molecule has 6 heavy (non-hydrogen) atoms. The molecule has 1 nitrogen and oxygen atoms in total. The van der Waals surface area contributed by atoms with E-state index < -0.39 is 6.67 Å². The van der Waals surface area contributed by atoms with Crippen LogP contribution in [0.3, 0.4) is 0 Å². The fourth-order valence-electron chi connectivity index (χ4n) is 0.159. The molecule has 0 bridgehead atoms. The van der Waals surface area contributed by atoms with E-state index in [4.69, 9.17) is 5.73 Å². The van der Waals surface area contributed by atoms with Crippen molar-refractivity contribution in [1.82, 2.24) is 0 Å². The number of alkyl halides is 1. The highest BCUT2D eigenvalue weighted by Gasteiger charge is 1.62. The van der Waals surface area contributed by atoms with Crippen molar-refractivity contribution >= 4 is 0 Å².